The first-order valence-electron chi connectivity index (χ1n) is 9.05. The number of nitro benzene ring substituents is 1. The molecule has 2 aromatic carbocycles. The summed E-state index contributed by atoms with van der Waals surface area (Å²) in [5.74, 6) is 0.159. The lowest BCUT2D eigenvalue weighted by atomic mass is 9.94. The Hall–Kier alpha value is -2.60. The lowest BCUT2D eigenvalue weighted by Gasteiger charge is -2.37. The van der Waals surface area contributed by atoms with Crippen LogP contribution in [-0.4, -0.2) is 41.9 Å². The normalized spacial score (nSPS) is 18.3. The lowest BCUT2D eigenvalue weighted by molar-refractivity contribution is -0.384. The molecule has 0 atom stereocenters. The molecule has 1 amide bonds. The second kappa shape index (κ2) is 6.85. The van der Waals surface area contributed by atoms with Crippen molar-refractivity contribution < 1.29 is 9.72 Å². The Bertz CT molecular complexity index is 872. The molecule has 27 heavy (non-hydrogen) atoms. The predicted octanol–water partition coefficient (Wildman–Crippen LogP) is 3.63. The number of carbonyl (C=O) groups excluding carboxylic acids is 1. The van der Waals surface area contributed by atoms with E-state index in [4.69, 9.17) is 11.6 Å². The summed E-state index contributed by atoms with van der Waals surface area (Å²) < 4.78 is 0. The van der Waals surface area contributed by atoms with Crippen LogP contribution < -0.4 is 4.90 Å². The van der Waals surface area contributed by atoms with E-state index in [-0.39, 0.29) is 16.5 Å². The molecule has 2 aromatic rings. The first-order chi connectivity index (χ1) is 13.0. The van der Waals surface area contributed by atoms with Gasteiger partial charge in [0, 0.05) is 37.3 Å². The molecule has 1 aliphatic heterocycles. The Morgan fingerprint density at radius 3 is 2.22 bits per heavy atom. The molecule has 0 aromatic heterocycles. The molecule has 1 aliphatic carbocycles. The van der Waals surface area contributed by atoms with E-state index in [1.807, 2.05) is 34.1 Å². The van der Waals surface area contributed by atoms with Crippen LogP contribution in [0.3, 0.4) is 0 Å². The van der Waals surface area contributed by atoms with E-state index in [2.05, 4.69) is 0 Å². The molecule has 1 saturated carbocycles. The summed E-state index contributed by atoms with van der Waals surface area (Å²) in [7, 11) is 0. The van der Waals surface area contributed by atoms with Crippen LogP contribution in [0.25, 0.3) is 0 Å². The third kappa shape index (κ3) is 3.25. The van der Waals surface area contributed by atoms with Gasteiger partial charge in [0.1, 0.15) is 5.69 Å². The van der Waals surface area contributed by atoms with Crippen LogP contribution in [0.1, 0.15) is 18.4 Å². The van der Waals surface area contributed by atoms with Crippen LogP contribution in [0.2, 0.25) is 5.02 Å². The molecule has 1 heterocycles. The van der Waals surface area contributed by atoms with E-state index in [0.717, 1.165) is 18.4 Å². The van der Waals surface area contributed by atoms with Gasteiger partial charge in [0.25, 0.3) is 5.69 Å². The van der Waals surface area contributed by atoms with Gasteiger partial charge < -0.3 is 9.80 Å². The zero-order chi connectivity index (χ0) is 19.0. The minimum atomic E-state index is -0.411. The minimum Gasteiger partial charge on any atom is -0.362 e. The van der Waals surface area contributed by atoms with E-state index in [9.17, 15) is 14.9 Å². The standard InChI is InChI=1S/C20H20ClN3O3/c21-16-7-5-15(6-8-16)20(9-10-20)19(25)23-13-11-22(12-14-23)17-3-1-2-4-18(17)24(26)27/h1-8H,9-14H2. The molecule has 0 spiro atoms. The minimum absolute atomic E-state index is 0.108. The van der Waals surface area contributed by atoms with Crippen molar-refractivity contribution in [1.29, 1.82) is 0 Å². The van der Waals surface area contributed by atoms with Gasteiger partial charge in [-0.05, 0) is 36.6 Å². The van der Waals surface area contributed by atoms with Gasteiger partial charge in [0.2, 0.25) is 5.91 Å². The maximum Gasteiger partial charge on any atom is 0.292 e. The third-order valence-electron chi connectivity index (χ3n) is 5.54. The number of anilines is 1. The third-order valence-corrected chi connectivity index (χ3v) is 5.79. The van der Waals surface area contributed by atoms with Crippen molar-refractivity contribution in [2.75, 3.05) is 31.1 Å². The van der Waals surface area contributed by atoms with Gasteiger partial charge in [0.15, 0.2) is 0 Å². The Balaban J connectivity index is 1.46. The number of piperazine rings is 1. The Morgan fingerprint density at radius 2 is 1.63 bits per heavy atom. The van der Waals surface area contributed by atoms with Crippen molar-refractivity contribution in [3.05, 3.63) is 69.2 Å². The van der Waals surface area contributed by atoms with Gasteiger partial charge in [-0.1, -0.05) is 35.9 Å². The van der Waals surface area contributed by atoms with Crippen LogP contribution in [0.4, 0.5) is 11.4 Å². The maximum absolute atomic E-state index is 13.2. The summed E-state index contributed by atoms with van der Waals surface area (Å²) in [6, 6.07) is 14.3. The molecule has 0 radical (unpaired) electrons. The number of hydrogen-bond donors (Lipinski definition) is 0. The number of benzene rings is 2. The summed E-state index contributed by atoms with van der Waals surface area (Å²) in [5, 5.41) is 11.9. The number of halogens is 1. The fourth-order valence-corrected chi connectivity index (χ4v) is 3.98. The van der Waals surface area contributed by atoms with Crippen LogP contribution in [0.5, 0.6) is 0 Å². The van der Waals surface area contributed by atoms with Crippen molar-refractivity contribution in [1.82, 2.24) is 4.90 Å². The number of amides is 1. The van der Waals surface area contributed by atoms with Crippen molar-refractivity contribution in [3.8, 4) is 0 Å². The highest BCUT2D eigenvalue weighted by Gasteiger charge is 2.53. The van der Waals surface area contributed by atoms with Crippen molar-refractivity contribution in [3.63, 3.8) is 0 Å². The molecule has 2 aliphatic rings. The largest absolute Gasteiger partial charge is 0.362 e. The summed E-state index contributed by atoms with van der Waals surface area (Å²) in [6.07, 6.45) is 1.72. The summed E-state index contributed by atoms with van der Waals surface area (Å²) in [6.45, 7) is 2.32. The van der Waals surface area contributed by atoms with Crippen LogP contribution >= 0.6 is 11.6 Å². The number of para-hydroxylation sites is 2. The SMILES string of the molecule is O=C(N1CCN(c2ccccc2[N+](=O)[O-])CC1)C1(c2ccc(Cl)cc2)CC1. The lowest BCUT2D eigenvalue weighted by Crippen LogP contribution is -2.51. The first kappa shape index (κ1) is 17.8. The van der Waals surface area contributed by atoms with Gasteiger partial charge >= 0.3 is 0 Å². The zero-order valence-electron chi connectivity index (χ0n) is 14.8. The van der Waals surface area contributed by atoms with Crippen LogP contribution in [0, 0.1) is 10.1 Å². The fourth-order valence-electron chi connectivity index (χ4n) is 3.86. The van der Waals surface area contributed by atoms with Crippen molar-refractivity contribution in [2.45, 2.75) is 18.3 Å². The summed E-state index contributed by atoms with van der Waals surface area (Å²) in [4.78, 5) is 27.9. The molecular weight excluding hydrogens is 366 g/mol. The highest BCUT2D eigenvalue weighted by atomic mass is 35.5. The molecule has 2 fully saturated rings. The summed E-state index contributed by atoms with van der Waals surface area (Å²) >= 11 is 5.97. The van der Waals surface area contributed by atoms with Gasteiger partial charge in [-0.25, -0.2) is 0 Å². The average molecular weight is 386 g/mol. The Morgan fingerprint density at radius 1 is 1.00 bits per heavy atom. The first-order valence-corrected chi connectivity index (χ1v) is 9.43. The quantitative estimate of drug-likeness (QED) is 0.595. The molecule has 140 valence electrons. The maximum atomic E-state index is 13.2. The zero-order valence-corrected chi connectivity index (χ0v) is 15.6. The molecular formula is C20H20ClN3O3. The molecule has 0 unspecified atom stereocenters. The highest BCUT2D eigenvalue weighted by molar-refractivity contribution is 6.30. The fraction of sp³-hybridized carbons (Fsp3) is 0.350. The monoisotopic (exact) mass is 385 g/mol. The van der Waals surface area contributed by atoms with E-state index in [1.54, 1.807) is 18.2 Å². The second-order valence-electron chi connectivity index (χ2n) is 7.11. The smallest absolute Gasteiger partial charge is 0.292 e. The van der Waals surface area contributed by atoms with Gasteiger partial charge in [0.05, 0.1) is 10.3 Å². The van der Waals surface area contributed by atoms with Crippen molar-refractivity contribution in [2.24, 2.45) is 0 Å². The molecule has 1 saturated heterocycles. The van der Waals surface area contributed by atoms with Crippen molar-refractivity contribution >= 4 is 28.9 Å². The number of hydrogen-bond acceptors (Lipinski definition) is 4. The predicted molar refractivity (Wildman–Crippen MR) is 104 cm³/mol. The summed E-state index contributed by atoms with van der Waals surface area (Å²) in [5.41, 5.74) is 1.34. The average Bonchev–Trinajstić information content (AvgIpc) is 3.50. The van der Waals surface area contributed by atoms with Crippen LogP contribution in [-0.2, 0) is 10.2 Å². The molecule has 0 N–H and O–H groups in total. The van der Waals surface area contributed by atoms with E-state index >= 15 is 0 Å². The molecule has 0 bridgehead atoms. The second-order valence-corrected chi connectivity index (χ2v) is 7.55. The van der Waals surface area contributed by atoms with E-state index in [0.29, 0.717) is 36.9 Å². The topological polar surface area (TPSA) is 66.7 Å². The van der Waals surface area contributed by atoms with Gasteiger partial charge in [-0.2, -0.15) is 0 Å². The van der Waals surface area contributed by atoms with E-state index < -0.39 is 5.41 Å². The van der Waals surface area contributed by atoms with E-state index in [1.165, 1.54) is 6.07 Å². The number of carbonyl (C=O) groups is 1. The van der Waals surface area contributed by atoms with Gasteiger partial charge in [-0.15, -0.1) is 0 Å². The number of nitro groups is 1. The highest BCUT2D eigenvalue weighted by Crippen LogP contribution is 2.50. The molecule has 4 rings (SSSR count). The number of rotatable bonds is 4. The number of nitrogens with zero attached hydrogens (tertiary/aromatic N) is 3. The Kier molecular flexibility index (Phi) is 4.52. The molecule has 7 heteroatoms. The Labute approximate surface area is 162 Å². The van der Waals surface area contributed by atoms with Gasteiger partial charge in [-0.3, -0.25) is 14.9 Å². The molecule has 6 nitrogen and oxygen atoms in total. The van der Waals surface area contributed by atoms with Crippen LogP contribution in [0.15, 0.2) is 48.5 Å².